The van der Waals surface area contributed by atoms with Crippen molar-refractivity contribution in [2.45, 2.75) is 6.92 Å². The van der Waals surface area contributed by atoms with E-state index in [0.717, 1.165) is 4.68 Å². The monoisotopic (exact) mass is 338 g/mol. The lowest BCUT2D eigenvalue weighted by molar-refractivity contribution is 0.0949. The smallest absolute Gasteiger partial charge is 0.267 e. The number of carbonyl (C=O) groups excluding carboxylic acids is 1. The molecule has 6 nitrogen and oxygen atoms in total. The molecule has 1 heterocycles. The van der Waals surface area contributed by atoms with E-state index < -0.39 is 5.91 Å². The van der Waals surface area contributed by atoms with E-state index in [2.05, 4.69) is 15.6 Å². The molecule has 0 saturated carbocycles. The number of carbonyl (C=O) groups is 1. The van der Waals surface area contributed by atoms with Gasteiger partial charge in [0.15, 0.2) is 5.69 Å². The maximum absolute atomic E-state index is 13.3. The van der Waals surface area contributed by atoms with E-state index in [9.17, 15) is 14.0 Å². The van der Waals surface area contributed by atoms with E-state index in [1.165, 1.54) is 19.2 Å². The van der Waals surface area contributed by atoms with Gasteiger partial charge in [-0.25, -0.2) is 14.5 Å². The second-order valence-corrected chi connectivity index (χ2v) is 5.47. The van der Waals surface area contributed by atoms with Crippen molar-refractivity contribution in [3.63, 3.8) is 0 Å². The van der Waals surface area contributed by atoms with Crippen molar-refractivity contribution >= 4 is 22.4 Å². The highest BCUT2D eigenvalue weighted by Crippen LogP contribution is 2.13. The van der Waals surface area contributed by atoms with Crippen LogP contribution in [0.1, 0.15) is 23.0 Å². The first kappa shape index (κ1) is 16.5. The normalized spacial score (nSPS) is 11.6. The van der Waals surface area contributed by atoms with E-state index in [1.54, 1.807) is 43.3 Å². The number of fused-ring (bicyclic) bond motifs is 1. The van der Waals surface area contributed by atoms with Gasteiger partial charge in [0, 0.05) is 18.0 Å². The number of amides is 1. The second-order valence-electron chi connectivity index (χ2n) is 5.47. The highest BCUT2D eigenvalue weighted by atomic mass is 19.1. The zero-order valence-electron chi connectivity index (χ0n) is 13.7. The Morgan fingerprint density at radius 3 is 2.60 bits per heavy atom. The van der Waals surface area contributed by atoms with Crippen LogP contribution in [0.3, 0.4) is 0 Å². The van der Waals surface area contributed by atoms with Gasteiger partial charge >= 0.3 is 0 Å². The van der Waals surface area contributed by atoms with Gasteiger partial charge in [0.1, 0.15) is 5.82 Å². The standard InChI is InChI=1S/C18H15FN4O2/c1-11(12-6-5-7-13(19)10-12)20-21-17(24)16-14-8-3-4-9-15(14)18(25)23(2)22-16/h3-10H,1-2H3,(H,21,24)/b20-11+. The van der Waals surface area contributed by atoms with Crippen molar-refractivity contribution in [1.82, 2.24) is 15.2 Å². The molecule has 126 valence electrons. The van der Waals surface area contributed by atoms with Crippen LogP contribution in [0.25, 0.3) is 10.8 Å². The predicted molar refractivity (Wildman–Crippen MR) is 93.1 cm³/mol. The zero-order valence-corrected chi connectivity index (χ0v) is 13.7. The Morgan fingerprint density at radius 2 is 1.88 bits per heavy atom. The van der Waals surface area contributed by atoms with Crippen LogP contribution in [-0.2, 0) is 7.05 Å². The van der Waals surface area contributed by atoms with Crippen molar-refractivity contribution in [2.75, 3.05) is 0 Å². The van der Waals surface area contributed by atoms with Crippen LogP contribution < -0.4 is 11.0 Å². The molecule has 0 aliphatic heterocycles. The van der Waals surface area contributed by atoms with Crippen LogP contribution in [0.15, 0.2) is 58.4 Å². The number of rotatable bonds is 3. The summed E-state index contributed by atoms with van der Waals surface area (Å²) in [6.45, 7) is 1.65. The van der Waals surface area contributed by atoms with Crippen LogP contribution in [-0.4, -0.2) is 21.4 Å². The van der Waals surface area contributed by atoms with Crippen LogP contribution in [0.2, 0.25) is 0 Å². The molecule has 2 aromatic carbocycles. The van der Waals surface area contributed by atoms with Crippen LogP contribution >= 0.6 is 0 Å². The van der Waals surface area contributed by atoms with E-state index in [4.69, 9.17) is 0 Å². The SMILES string of the molecule is C/C(=N\NC(=O)c1nn(C)c(=O)c2ccccc12)c1cccc(F)c1. The van der Waals surface area contributed by atoms with Gasteiger partial charge in [-0.15, -0.1) is 0 Å². The fourth-order valence-electron chi connectivity index (χ4n) is 2.43. The van der Waals surface area contributed by atoms with Gasteiger partial charge in [-0.1, -0.05) is 30.3 Å². The molecule has 0 atom stereocenters. The van der Waals surface area contributed by atoms with Crippen LogP contribution in [0.5, 0.6) is 0 Å². The Kier molecular flexibility index (Phi) is 4.38. The molecule has 3 aromatic rings. The molecule has 0 aliphatic rings. The van der Waals surface area contributed by atoms with Gasteiger partial charge in [0.05, 0.1) is 11.1 Å². The number of aryl methyl sites for hydroxylation is 1. The average Bonchev–Trinajstić information content (AvgIpc) is 2.62. The summed E-state index contributed by atoms with van der Waals surface area (Å²) in [6, 6.07) is 12.6. The van der Waals surface area contributed by atoms with Crippen molar-refractivity contribution in [1.29, 1.82) is 0 Å². The average molecular weight is 338 g/mol. The summed E-state index contributed by atoms with van der Waals surface area (Å²) in [5.74, 6) is -0.938. The van der Waals surface area contributed by atoms with Crippen LogP contribution in [0, 0.1) is 5.82 Å². The van der Waals surface area contributed by atoms with Crippen molar-refractivity contribution in [2.24, 2.45) is 12.1 Å². The third kappa shape index (κ3) is 3.30. The molecular weight excluding hydrogens is 323 g/mol. The summed E-state index contributed by atoms with van der Waals surface area (Å²) >= 11 is 0. The van der Waals surface area contributed by atoms with E-state index in [1.807, 2.05) is 0 Å². The highest BCUT2D eigenvalue weighted by Gasteiger charge is 2.15. The van der Waals surface area contributed by atoms with Gasteiger partial charge in [0.25, 0.3) is 11.5 Å². The van der Waals surface area contributed by atoms with E-state index in [-0.39, 0.29) is 17.1 Å². The van der Waals surface area contributed by atoms with Gasteiger partial charge in [-0.05, 0) is 25.1 Å². The highest BCUT2D eigenvalue weighted by molar-refractivity contribution is 6.06. The van der Waals surface area contributed by atoms with Gasteiger partial charge in [0.2, 0.25) is 0 Å². The first-order chi connectivity index (χ1) is 12.0. The largest absolute Gasteiger partial charge is 0.292 e. The number of hydrazone groups is 1. The van der Waals surface area contributed by atoms with Gasteiger partial charge < -0.3 is 0 Å². The lowest BCUT2D eigenvalue weighted by Gasteiger charge is -2.07. The van der Waals surface area contributed by atoms with E-state index in [0.29, 0.717) is 22.0 Å². The van der Waals surface area contributed by atoms with Gasteiger partial charge in [-0.3, -0.25) is 9.59 Å². The number of nitrogens with zero attached hydrogens (tertiary/aromatic N) is 3. The summed E-state index contributed by atoms with van der Waals surface area (Å²) in [5.41, 5.74) is 3.21. The Morgan fingerprint density at radius 1 is 1.16 bits per heavy atom. The molecule has 0 bridgehead atoms. The fourth-order valence-corrected chi connectivity index (χ4v) is 2.43. The summed E-state index contributed by atoms with van der Waals surface area (Å²) in [6.07, 6.45) is 0. The molecule has 0 saturated heterocycles. The minimum absolute atomic E-state index is 0.0912. The minimum atomic E-state index is -0.553. The quantitative estimate of drug-likeness (QED) is 0.588. The Balaban J connectivity index is 1.94. The van der Waals surface area contributed by atoms with E-state index >= 15 is 0 Å². The molecule has 0 unspecified atom stereocenters. The maximum atomic E-state index is 13.3. The molecule has 0 spiro atoms. The third-order valence-electron chi connectivity index (χ3n) is 3.74. The molecule has 1 N–H and O–H groups in total. The number of hydrogen-bond donors (Lipinski definition) is 1. The molecule has 25 heavy (non-hydrogen) atoms. The first-order valence-corrected chi connectivity index (χ1v) is 7.54. The van der Waals surface area contributed by atoms with Crippen molar-refractivity contribution in [3.05, 3.63) is 76.0 Å². The Bertz CT molecular complexity index is 1060. The van der Waals surface area contributed by atoms with Crippen molar-refractivity contribution in [3.8, 4) is 0 Å². The van der Waals surface area contributed by atoms with Crippen LogP contribution in [0.4, 0.5) is 4.39 Å². The van der Waals surface area contributed by atoms with Gasteiger partial charge in [-0.2, -0.15) is 10.2 Å². The predicted octanol–water partition coefficient (Wildman–Crippen LogP) is 2.23. The Hall–Kier alpha value is -3.35. The molecule has 0 fully saturated rings. The van der Waals surface area contributed by atoms with Crippen molar-refractivity contribution < 1.29 is 9.18 Å². The molecule has 3 rings (SSSR count). The molecule has 1 amide bonds. The lowest BCUT2D eigenvalue weighted by atomic mass is 10.1. The first-order valence-electron chi connectivity index (χ1n) is 7.54. The maximum Gasteiger partial charge on any atom is 0.292 e. The zero-order chi connectivity index (χ0) is 18.0. The molecule has 7 heteroatoms. The molecule has 0 aliphatic carbocycles. The molecular formula is C18H15FN4O2. The fraction of sp³-hybridized carbons (Fsp3) is 0.111. The Labute approximate surface area is 142 Å². The summed E-state index contributed by atoms with van der Waals surface area (Å²) in [7, 11) is 1.48. The summed E-state index contributed by atoms with van der Waals surface area (Å²) < 4.78 is 14.4. The summed E-state index contributed by atoms with van der Waals surface area (Å²) in [5, 5.41) is 8.87. The summed E-state index contributed by atoms with van der Waals surface area (Å²) in [4.78, 5) is 24.5. The topological polar surface area (TPSA) is 76.3 Å². The number of nitrogens with one attached hydrogen (secondary N) is 1. The minimum Gasteiger partial charge on any atom is -0.267 e. The number of halogens is 1. The number of aromatic nitrogens is 2. The molecule has 0 radical (unpaired) electrons. The number of hydrogen-bond acceptors (Lipinski definition) is 4. The second kappa shape index (κ2) is 6.64. The lowest BCUT2D eigenvalue weighted by Crippen LogP contribution is -2.27. The number of benzene rings is 2. The third-order valence-corrected chi connectivity index (χ3v) is 3.74. The molecule has 1 aromatic heterocycles.